The first kappa shape index (κ1) is 25.7. The quantitative estimate of drug-likeness (QED) is 0.522. The molecule has 4 atom stereocenters. The fourth-order valence-corrected chi connectivity index (χ4v) is 5.91. The van der Waals surface area contributed by atoms with Crippen LogP contribution in [0.5, 0.6) is 0 Å². The SMILES string of the molecule is CCC[C@H]1C[C@H](N(C)C(C)C)CC[C@@H]1N1CC[C@H](Nc2ccnc3ccc(C(F)(F)F)cc23)C1=O. The van der Waals surface area contributed by atoms with Gasteiger partial charge in [-0.2, -0.15) is 13.2 Å². The molecule has 0 unspecified atom stereocenters. The summed E-state index contributed by atoms with van der Waals surface area (Å²) in [5.74, 6) is 0.530. The molecule has 8 heteroatoms. The number of hydrogen-bond donors (Lipinski definition) is 1. The Morgan fingerprint density at radius 1 is 1.20 bits per heavy atom. The lowest BCUT2D eigenvalue weighted by atomic mass is 9.77. The van der Waals surface area contributed by atoms with Gasteiger partial charge in [0.1, 0.15) is 6.04 Å². The van der Waals surface area contributed by atoms with E-state index in [1.807, 2.05) is 4.90 Å². The predicted molar refractivity (Wildman–Crippen MR) is 133 cm³/mol. The van der Waals surface area contributed by atoms with Gasteiger partial charge in [0.25, 0.3) is 0 Å². The van der Waals surface area contributed by atoms with E-state index in [1.165, 1.54) is 6.07 Å². The average molecular weight is 491 g/mol. The van der Waals surface area contributed by atoms with Gasteiger partial charge in [-0.05, 0) is 83.2 Å². The van der Waals surface area contributed by atoms with Crippen LogP contribution in [-0.4, -0.2) is 58.5 Å². The van der Waals surface area contributed by atoms with E-state index >= 15 is 0 Å². The second kappa shape index (κ2) is 10.3. The Hall–Kier alpha value is -2.35. The Labute approximate surface area is 206 Å². The predicted octanol–water partition coefficient (Wildman–Crippen LogP) is 5.94. The molecule has 2 fully saturated rings. The molecule has 4 rings (SSSR count). The minimum atomic E-state index is -4.43. The van der Waals surface area contributed by atoms with Crippen molar-refractivity contribution >= 4 is 22.5 Å². The lowest BCUT2D eigenvalue weighted by Crippen LogP contribution is -2.50. The largest absolute Gasteiger partial charge is 0.416 e. The number of pyridine rings is 1. The zero-order valence-electron chi connectivity index (χ0n) is 21.1. The van der Waals surface area contributed by atoms with Crippen LogP contribution in [-0.2, 0) is 11.0 Å². The van der Waals surface area contributed by atoms with E-state index in [9.17, 15) is 18.0 Å². The maximum Gasteiger partial charge on any atom is 0.416 e. The van der Waals surface area contributed by atoms with Gasteiger partial charge in [0.15, 0.2) is 0 Å². The number of nitrogens with one attached hydrogen (secondary N) is 1. The minimum Gasteiger partial charge on any atom is -0.373 e. The summed E-state index contributed by atoms with van der Waals surface area (Å²) in [7, 11) is 2.20. The molecule has 0 bridgehead atoms. The summed E-state index contributed by atoms with van der Waals surface area (Å²) in [6, 6.07) is 6.04. The molecule has 0 spiro atoms. The van der Waals surface area contributed by atoms with Gasteiger partial charge in [-0.1, -0.05) is 13.3 Å². The van der Waals surface area contributed by atoms with E-state index in [1.54, 1.807) is 12.3 Å². The first-order valence-electron chi connectivity index (χ1n) is 12.8. The van der Waals surface area contributed by atoms with E-state index < -0.39 is 17.8 Å². The standard InChI is InChI=1S/C27H37F3N4O/c1-5-6-18-15-20(33(4)17(2)3)8-10-25(18)34-14-12-24(26(34)35)32-23-11-13-31-22-9-7-19(16-21(22)23)27(28,29)30/h7,9,11,13,16-18,20,24-25H,5-6,8,10,12,14-15H2,1-4H3,(H,31,32)/t18-,20+,24-,25-/m0/s1. The number of anilines is 1. The van der Waals surface area contributed by atoms with Crippen LogP contribution < -0.4 is 5.32 Å². The van der Waals surface area contributed by atoms with Gasteiger partial charge in [-0.15, -0.1) is 0 Å². The first-order valence-corrected chi connectivity index (χ1v) is 12.8. The molecular formula is C27H37F3N4O. The molecular weight excluding hydrogens is 453 g/mol. The Morgan fingerprint density at radius 3 is 2.66 bits per heavy atom. The van der Waals surface area contributed by atoms with Crippen molar-refractivity contribution < 1.29 is 18.0 Å². The third kappa shape index (κ3) is 5.42. The number of rotatable bonds is 7. The van der Waals surface area contributed by atoms with Crippen molar-refractivity contribution in [1.82, 2.24) is 14.8 Å². The van der Waals surface area contributed by atoms with Crippen molar-refractivity contribution in [1.29, 1.82) is 0 Å². The second-order valence-electron chi connectivity index (χ2n) is 10.4. The number of halogens is 3. The van der Waals surface area contributed by atoms with Gasteiger partial charge >= 0.3 is 6.18 Å². The minimum absolute atomic E-state index is 0.0590. The van der Waals surface area contributed by atoms with E-state index in [0.29, 0.717) is 47.6 Å². The van der Waals surface area contributed by atoms with Crippen LogP contribution in [0.4, 0.5) is 18.9 Å². The highest BCUT2D eigenvalue weighted by Gasteiger charge is 2.42. The maximum absolute atomic E-state index is 13.5. The second-order valence-corrected chi connectivity index (χ2v) is 10.4. The highest BCUT2D eigenvalue weighted by atomic mass is 19.4. The van der Waals surface area contributed by atoms with Crippen LogP contribution in [0.25, 0.3) is 10.9 Å². The van der Waals surface area contributed by atoms with Crippen molar-refractivity contribution in [3.05, 3.63) is 36.0 Å². The van der Waals surface area contributed by atoms with Gasteiger partial charge < -0.3 is 15.1 Å². The number of amides is 1. The molecule has 1 amide bonds. The van der Waals surface area contributed by atoms with Crippen molar-refractivity contribution in [2.75, 3.05) is 18.9 Å². The molecule has 1 aliphatic carbocycles. The Morgan fingerprint density at radius 2 is 1.97 bits per heavy atom. The van der Waals surface area contributed by atoms with Crippen LogP contribution in [0.2, 0.25) is 0 Å². The molecule has 2 heterocycles. The van der Waals surface area contributed by atoms with E-state index in [4.69, 9.17) is 0 Å². The molecule has 1 aromatic heterocycles. The number of nitrogens with zero attached hydrogens (tertiary/aromatic N) is 3. The fourth-order valence-electron chi connectivity index (χ4n) is 5.91. The number of benzene rings is 1. The lowest BCUT2D eigenvalue weighted by Gasteiger charge is -2.44. The topological polar surface area (TPSA) is 48.5 Å². The van der Waals surface area contributed by atoms with Gasteiger partial charge in [0.2, 0.25) is 5.91 Å². The van der Waals surface area contributed by atoms with Crippen molar-refractivity contribution in [2.24, 2.45) is 5.92 Å². The van der Waals surface area contributed by atoms with Crippen molar-refractivity contribution in [3.63, 3.8) is 0 Å². The van der Waals surface area contributed by atoms with Crippen molar-refractivity contribution in [3.8, 4) is 0 Å². The smallest absolute Gasteiger partial charge is 0.373 e. The van der Waals surface area contributed by atoms with Gasteiger partial charge in [0, 0.05) is 41.9 Å². The summed E-state index contributed by atoms with van der Waals surface area (Å²) < 4.78 is 39.9. The third-order valence-corrected chi connectivity index (χ3v) is 8.00. The number of carbonyl (C=O) groups is 1. The number of likely N-dealkylation sites (tertiary alicyclic amines) is 1. The highest BCUT2D eigenvalue weighted by molar-refractivity contribution is 5.95. The molecule has 1 aromatic carbocycles. The van der Waals surface area contributed by atoms with Gasteiger partial charge in [0.05, 0.1) is 11.1 Å². The lowest BCUT2D eigenvalue weighted by molar-refractivity contribution is -0.137. The average Bonchev–Trinajstić information content (AvgIpc) is 3.17. The number of carbonyl (C=O) groups excluding carboxylic acids is 1. The fraction of sp³-hybridized carbons (Fsp3) is 0.630. The number of hydrogen-bond acceptors (Lipinski definition) is 4. The molecule has 1 saturated carbocycles. The molecule has 2 aromatic rings. The maximum atomic E-state index is 13.5. The summed E-state index contributed by atoms with van der Waals surface area (Å²) in [4.78, 5) is 22.2. The number of aromatic nitrogens is 1. The summed E-state index contributed by atoms with van der Waals surface area (Å²) in [6.45, 7) is 7.33. The third-order valence-electron chi connectivity index (χ3n) is 8.00. The number of alkyl halides is 3. The Kier molecular flexibility index (Phi) is 7.60. The van der Waals surface area contributed by atoms with Crippen LogP contribution in [0.15, 0.2) is 30.5 Å². The number of fused-ring (bicyclic) bond motifs is 1. The summed E-state index contributed by atoms with van der Waals surface area (Å²) in [5.41, 5.74) is 0.278. The zero-order chi connectivity index (χ0) is 25.3. The summed E-state index contributed by atoms with van der Waals surface area (Å²) in [6.07, 6.45) is 3.15. The summed E-state index contributed by atoms with van der Waals surface area (Å²) >= 11 is 0. The molecule has 1 aliphatic heterocycles. The van der Waals surface area contributed by atoms with E-state index in [-0.39, 0.29) is 11.9 Å². The Balaban J connectivity index is 1.50. The molecule has 1 saturated heterocycles. The van der Waals surface area contributed by atoms with Crippen molar-refractivity contribution in [2.45, 2.75) is 89.6 Å². The molecule has 5 nitrogen and oxygen atoms in total. The normalized spacial score (nSPS) is 25.7. The Bertz CT molecular complexity index is 1040. The van der Waals surface area contributed by atoms with Gasteiger partial charge in [-0.3, -0.25) is 9.78 Å². The zero-order valence-corrected chi connectivity index (χ0v) is 21.1. The van der Waals surface area contributed by atoms with Crippen LogP contribution in [0.1, 0.15) is 64.9 Å². The first-order chi connectivity index (χ1) is 16.6. The molecule has 35 heavy (non-hydrogen) atoms. The molecule has 192 valence electrons. The van der Waals surface area contributed by atoms with Crippen LogP contribution >= 0.6 is 0 Å². The van der Waals surface area contributed by atoms with E-state index in [0.717, 1.165) is 44.2 Å². The molecule has 2 aliphatic rings. The summed E-state index contributed by atoms with van der Waals surface area (Å²) in [5, 5.41) is 3.65. The molecule has 0 radical (unpaired) electrons. The van der Waals surface area contributed by atoms with Gasteiger partial charge in [-0.25, -0.2) is 0 Å². The van der Waals surface area contributed by atoms with Crippen LogP contribution in [0.3, 0.4) is 0 Å². The monoisotopic (exact) mass is 490 g/mol. The molecule has 1 N–H and O–H groups in total. The van der Waals surface area contributed by atoms with Crippen LogP contribution in [0, 0.1) is 5.92 Å². The highest BCUT2D eigenvalue weighted by Crippen LogP contribution is 2.37. The van der Waals surface area contributed by atoms with E-state index in [2.05, 4.69) is 43.0 Å².